The van der Waals surface area contributed by atoms with Gasteiger partial charge < -0.3 is 14.7 Å². The molecule has 2 aromatic carbocycles. The molecule has 1 heterocycles. The number of ether oxygens (including phenoxy) is 1. The van der Waals surface area contributed by atoms with Crippen LogP contribution in [0.25, 0.3) is 0 Å². The highest BCUT2D eigenvalue weighted by Gasteiger charge is 2.38. The van der Waals surface area contributed by atoms with Gasteiger partial charge in [-0.1, -0.05) is 43.9 Å². The van der Waals surface area contributed by atoms with Crippen LogP contribution in [0.15, 0.2) is 53.4 Å². The van der Waals surface area contributed by atoms with Crippen molar-refractivity contribution >= 4 is 10.0 Å². The summed E-state index contributed by atoms with van der Waals surface area (Å²) < 4.78 is 34.8. The molecule has 178 valence electrons. The maximum Gasteiger partial charge on any atom is 0.247 e. The van der Waals surface area contributed by atoms with Gasteiger partial charge in [0.25, 0.3) is 0 Å². The summed E-state index contributed by atoms with van der Waals surface area (Å²) in [4.78, 5) is 2.32. The SMILES string of the molecule is CCCN(C)C[C@@H]1Oc2cc(C#Cc3ccccc3)ccc2S(=O)(=O)N([C@@H](C)CO)C[C@@H]1C. The van der Waals surface area contributed by atoms with Gasteiger partial charge in [0.1, 0.15) is 16.7 Å². The maximum atomic E-state index is 13.5. The average molecular weight is 471 g/mol. The van der Waals surface area contributed by atoms with Crippen LogP contribution in [0.1, 0.15) is 38.3 Å². The summed E-state index contributed by atoms with van der Waals surface area (Å²) in [5, 5.41) is 9.76. The Morgan fingerprint density at radius 1 is 1.18 bits per heavy atom. The summed E-state index contributed by atoms with van der Waals surface area (Å²) in [6, 6.07) is 14.1. The van der Waals surface area contributed by atoms with Crippen LogP contribution in [0.5, 0.6) is 5.75 Å². The third-order valence-electron chi connectivity index (χ3n) is 5.89. The molecular weight excluding hydrogens is 436 g/mol. The molecule has 6 nitrogen and oxygen atoms in total. The van der Waals surface area contributed by atoms with Gasteiger partial charge in [0.05, 0.1) is 6.61 Å². The third kappa shape index (κ3) is 6.15. The van der Waals surface area contributed by atoms with Crippen LogP contribution in [0, 0.1) is 17.8 Å². The Balaban J connectivity index is 2.05. The molecule has 1 aliphatic heterocycles. The van der Waals surface area contributed by atoms with Crippen molar-refractivity contribution in [3.63, 3.8) is 0 Å². The number of sulfonamides is 1. The van der Waals surface area contributed by atoms with Crippen LogP contribution < -0.4 is 4.74 Å². The number of rotatable bonds is 6. The van der Waals surface area contributed by atoms with Crippen LogP contribution in [-0.2, 0) is 10.0 Å². The van der Waals surface area contributed by atoms with E-state index in [-0.39, 0.29) is 30.1 Å². The van der Waals surface area contributed by atoms with Gasteiger partial charge in [-0.2, -0.15) is 4.31 Å². The lowest BCUT2D eigenvalue weighted by atomic mass is 10.0. The van der Waals surface area contributed by atoms with Crippen molar-refractivity contribution in [2.75, 3.05) is 33.3 Å². The number of aliphatic hydroxyl groups excluding tert-OH is 1. The molecule has 1 aliphatic rings. The van der Waals surface area contributed by atoms with Crippen LogP contribution in [-0.4, -0.2) is 68.2 Å². The Kier molecular flexibility index (Phi) is 8.55. The Morgan fingerprint density at radius 3 is 2.55 bits per heavy atom. The van der Waals surface area contributed by atoms with Gasteiger partial charge in [0.2, 0.25) is 10.0 Å². The highest BCUT2D eigenvalue weighted by Crippen LogP contribution is 2.34. The zero-order chi connectivity index (χ0) is 24.0. The summed E-state index contributed by atoms with van der Waals surface area (Å²) in [6.07, 6.45) is 0.816. The van der Waals surface area contributed by atoms with Crippen LogP contribution >= 0.6 is 0 Å². The molecule has 0 saturated carbocycles. The molecular formula is C26H34N2O4S. The van der Waals surface area contributed by atoms with Gasteiger partial charge in [-0.15, -0.1) is 0 Å². The molecule has 2 aromatic rings. The molecule has 0 bridgehead atoms. The second-order valence-electron chi connectivity index (χ2n) is 8.78. The summed E-state index contributed by atoms with van der Waals surface area (Å²) in [5.74, 6) is 6.48. The second-order valence-corrected chi connectivity index (χ2v) is 10.6. The fourth-order valence-electron chi connectivity index (χ4n) is 3.97. The third-order valence-corrected chi connectivity index (χ3v) is 7.91. The Morgan fingerprint density at radius 2 is 1.88 bits per heavy atom. The van der Waals surface area contributed by atoms with Crippen molar-refractivity contribution in [3.05, 3.63) is 59.7 Å². The highest BCUT2D eigenvalue weighted by molar-refractivity contribution is 7.89. The van der Waals surface area contributed by atoms with E-state index in [9.17, 15) is 13.5 Å². The average Bonchev–Trinajstić information content (AvgIpc) is 2.80. The minimum Gasteiger partial charge on any atom is -0.487 e. The summed E-state index contributed by atoms with van der Waals surface area (Å²) in [7, 11) is -1.80. The first-order valence-electron chi connectivity index (χ1n) is 11.4. The lowest BCUT2D eigenvalue weighted by Crippen LogP contribution is -2.49. The standard InChI is InChI=1S/C26H34N2O4S/c1-5-15-27(4)18-25-20(2)17-28(21(3)19-29)33(30,31)26-14-13-23(16-24(26)32-25)12-11-22-9-7-6-8-10-22/h6-10,13-14,16,20-21,25,29H,5,15,17-19H2,1-4H3/t20-,21-,25-/m0/s1. The number of hydrogen-bond donors (Lipinski definition) is 1. The monoisotopic (exact) mass is 470 g/mol. The molecule has 7 heteroatoms. The van der Waals surface area contributed by atoms with E-state index in [0.717, 1.165) is 18.5 Å². The number of fused-ring (bicyclic) bond motifs is 1. The van der Waals surface area contributed by atoms with Crippen LogP contribution in [0.2, 0.25) is 0 Å². The predicted octanol–water partition coefficient (Wildman–Crippen LogP) is 3.20. The lowest BCUT2D eigenvalue weighted by molar-refractivity contribution is 0.0752. The topological polar surface area (TPSA) is 70.1 Å². The minimum atomic E-state index is -3.85. The normalized spacial score (nSPS) is 21.2. The molecule has 33 heavy (non-hydrogen) atoms. The fourth-order valence-corrected chi connectivity index (χ4v) is 5.79. The second kappa shape index (κ2) is 11.2. The molecule has 0 spiro atoms. The fraction of sp³-hybridized carbons (Fsp3) is 0.462. The van der Waals surface area contributed by atoms with Crippen molar-refractivity contribution in [1.82, 2.24) is 9.21 Å². The zero-order valence-corrected chi connectivity index (χ0v) is 20.7. The summed E-state index contributed by atoms with van der Waals surface area (Å²) in [5.41, 5.74) is 1.57. The van der Waals surface area contributed by atoms with E-state index in [1.807, 2.05) is 44.3 Å². The van der Waals surface area contributed by atoms with Gasteiger partial charge in [0, 0.05) is 36.2 Å². The van der Waals surface area contributed by atoms with E-state index in [1.165, 1.54) is 4.31 Å². The number of aliphatic hydroxyl groups is 1. The first kappa shape index (κ1) is 25.3. The molecule has 3 atom stereocenters. The van der Waals surface area contributed by atoms with Crippen molar-refractivity contribution in [1.29, 1.82) is 0 Å². The van der Waals surface area contributed by atoms with E-state index in [0.29, 0.717) is 17.9 Å². The molecule has 0 aromatic heterocycles. The minimum absolute atomic E-state index is 0.0692. The number of hydrogen-bond acceptors (Lipinski definition) is 5. The number of nitrogens with zero attached hydrogens (tertiary/aromatic N) is 2. The Labute approximate surface area is 198 Å². The van der Waals surface area contributed by atoms with Gasteiger partial charge in [-0.3, -0.25) is 0 Å². The van der Waals surface area contributed by atoms with Gasteiger partial charge >= 0.3 is 0 Å². The molecule has 0 amide bonds. The van der Waals surface area contributed by atoms with Gasteiger partial charge in [0.15, 0.2) is 0 Å². The van der Waals surface area contributed by atoms with Crippen LogP contribution in [0.3, 0.4) is 0 Å². The molecule has 3 rings (SSSR count). The van der Waals surface area contributed by atoms with Crippen molar-refractivity contribution in [2.24, 2.45) is 5.92 Å². The number of likely N-dealkylation sites (N-methyl/N-ethyl adjacent to an activating group) is 1. The van der Waals surface area contributed by atoms with E-state index in [4.69, 9.17) is 4.74 Å². The smallest absolute Gasteiger partial charge is 0.247 e. The van der Waals surface area contributed by atoms with Crippen LogP contribution in [0.4, 0.5) is 0 Å². The van der Waals surface area contributed by atoms with Gasteiger partial charge in [-0.05, 0) is 57.3 Å². The molecule has 0 radical (unpaired) electrons. The Bertz CT molecular complexity index is 1090. The molecule has 1 N–H and O–H groups in total. The first-order valence-corrected chi connectivity index (χ1v) is 12.9. The molecule has 0 unspecified atom stereocenters. The molecule has 0 aliphatic carbocycles. The summed E-state index contributed by atoms with van der Waals surface area (Å²) >= 11 is 0. The lowest BCUT2D eigenvalue weighted by Gasteiger charge is -2.37. The largest absolute Gasteiger partial charge is 0.487 e. The molecule has 0 saturated heterocycles. The van der Waals surface area contributed by atoms with Crippen molar-refractivity contribution in [3.8, 4) is 17.6 Å². The first-order chi connectivity index (χ1) is 15.8. The quantitative estimate of drug-likeness (QED) is 0.657. The predicted molar refractivity (Wildman–Crippen MR) is 131 cm³/mol. The highest BCUT2D eigenvalue weighted by atomic mass is 32.2. The Hall–Kier alpha value is -2.37. The van der Waals surface area contributed by atoms with Crippen molar-refractivity contribution < 1.29 is 18.3 Å². The van der Waals surface area contributed by atoms with Crippen molar-refractivity contribution in [2.45, 2.75) is 44.2 Å². The van der Waals surface area contributed by atoms with E-state index in [1.54, 1.807) is 25.1 Å². The van der Waals surface area contributed by atoms with E-state index >= 15 is 0 Å². The van der Waals surface area contributed by atoms with Gasteiger partial charge in [-0.25, -0.2) is 8.42 Å². The summed E-state index contributed by atoms with van der Waals surface area (Å²) in [6.45, 7) is 7.49. The van der Waals surface area contributed by atoms with E-state index in [2.05, 4.69) is 23.7 Å². The maximum absolute atomic E-state index is 13.5. The van der Waals surface area contributed by atoms with E-state index < -0.39 is 16.1 Å². The molecule has 0 fully saturated rings. The number of benzene rings is 2. The zero-order valence-electron chi connectivity index (χ0n) is 19.9.